The van der Waals surface area contributed by atoms with Crippen LogP contribution in [0.15, 0.2) is 4.99 Å². The van der Waals surface area contributed by atoms with Gasteiger partial charge in [0.2, 0.25) is 0 Å². The van der Waals surface area contributed by atoms with Crippen molar-refractivity contribution in [3.63, 3.8) is 0 Å². The normalized spacial score (nSPS) is 17.2. The molecule has 1 atom stereocenters. The fourth-order valence-corrected chi connectivity index (χ4v) is 1.37. The first-order valence-electron chi connectivity index (χ1n) is 5.11. The van der Waals surface area contributed by atoms with Crippen molar-refractivity contribution in [2.24, 2.45) is 10.4 Å². The number of hydrogen-bond acceptors (Lipinski definition) is 2. The van der Waals surface area contributed by atoms with Crippen LogP contribution in [0.4, 0.5) is 0 Å². The minimum atomic E-state index is 0.228. The van der Waals surface area contributed by atoms with Crippen molar-refractivity contribution in [3.05, 3.63) is 0 Å². The molecule has 1 unspecified atom stereocenters. The molecule has 2 nitrogen and oxygen atoms in total. The lowest BCUT2D eigenvalue weighted by Crippen LogP contribution is -2.26. The number of nitrogens with zero attached hydrogens (tertiary/aromatic N) is 1. The Kier molecular flexibility index (Phi) is 5.97. The molecule has 0 aliphatic carbocycles. The summed E-state index contributed by atoms with van der Waals surface area (Å²) in [7, 11) is 1.75. The van der Waals surface area contributed by atoms with E-state index in [4.69, 9.17) is 4.74 Å². The van der Waals surface area contributed by atoms with Crippen molar-refractivity contribution in [3.8, 4) is 0 Å². The summed E-state index contributed by atoms with van der Waals surface area (Å²) in [5.41, 5.74) is 1.49. The molecule has 0 aromatic carbocycles. The Balaban J connectivity index is 4.33. The molecular weight excluding hydrogens is 162 g/mol. The summed E-state index contributed by atoms with van der Waals surface area (Å²) in [6.45, 7) is 10.4. The second-order valence-electron chi connectivity index (χ2n) is 3.72. The Labute approximate surface area is 82.4 Å². The van der Waals surface area contributed by atoms with Gasteiger partial charge in [0.15, 0.2) is 0 Å². The molecular formula is C11H23NO. The fraction of sp³-hybridized carbons (Fsp3) is 0.909. The number of methoxy groups -OCH3 is 1. The lowest BCUT2D eigenvalue weighted by molar-refractivity contribution is 0.166. The largest absolute Gasteiger partial charge is 0.385 e. The van der Waals surface area contributed by atoms with Crippen LogP contribution in [-0.4, -0.2) is 26.0 Å². The van der Waals surface area contributed by atoms with Gasteiger partial charge in [0.05, 0.1) is 0 Å². The highest BCUT2D eigenvalue weighted by Gasteiger charge is 2.24. The zero-order chi connectivity index (χ0) is 10.3. The maximum absolute atomic E-state index is 5.11. The van der Waals surface area contributed by atoms with Crippen molar-refractivity contribution < 1.29 is 4.74 Å². The molecule has 0 saturated carbocycles. The summed E-state index contributed by atoms with van der Waals surface area (Å²) < 4.78 is 5.11. The number of ether oxygens (including phenoxy) is 1. The highest BCUT2D eigenvalue weighted by molar-refractivity contribution is 5.87. The van der Waals surface area contributed by atoms with Crippen LogP contribution in [0.3, 0.4) is 0 Å². The second kappa shape index (κ2) is 6.14. The van der Waals surface area contributed by atoms with E-state index in [-0.39, 0.29) is 5.41 Å². The Bertz CT molecular complexity index is 165. The highest BCUT2D eigenvalue weighted by atomic mass is 16.5. The molecule has 0 heterocycles. The predicted molar refractivity (Wildman–Crippen MR) is 58.5 cm³/mol. The zero-order valence-electron chi connectivity index (χ0n) is 9.68. The van der Waals surface area contributed by atoms with Gasteiger partial charge < -0.3 is 4.74 Å². The maximum atomic E-state index is 5.11. The van der Waals surface area contributed by atoms with E-state index in [1.165, 1.54) is 5.71 Å². The van der Waals surface area contributed by atoms with Crippen LogP contribution in [0.1, 0.15) is 40.5 Å². The van der Waals surface area contributed by atoms with Gasteiger partial charge in [-0.2, -0.15) is 0 Å². The summed E-state index contributed by atoms with van der Waals surface area (Å²) in [5, 5.41) is 0. The molecule has 0 fully saturated rings. The molecule has 0 bridgehead atoms. The summed E-state index contributed by atoms with van der Waals surface area (Å²) in [6.07, 6.45) is 2.20. The van der Waals surface area contributed by atoms with E-state index in [1.54, 1.807) is 7.11 Å². The number of rotatable bonds is 6. The average molecular weight is 185 g/mol. The number of hydrogen-bond donors (Lipinski definition) is 0. The third-order valence-corrected chi connectivity index (χ3v) is 2.91. The minimum Gasteiger partial charge on any atom is -0.385 e. The van der Waals surface area contributed by atoms with E-state index in [0.717, 1.165) is 26.0 Å². The van der Waals surface area contributed by atoms with Gasteiger partial charge >= 0.3 is 0 Å². The molecule has 2 heteroatoms. The zero-order valence-corrected chi connectivity index (χ0v) is 9.68. The fourth-order valence-electron chi connectivity index (χ4n) is 1.37. The van der Waals surface area contributed by atoms with Crippen molar-refractivity contribution in [1.29, 1.82) is 0 Å². The standard InChI is InChI=1S/C11H23NO/c1-6-11(4,8-9-13-5)10(3)12-7-2/h6-9H2,1-5H3/b12-10+. The van der Waals surface area contributed by atoms with Gasteiger partial charge in [0, 0.05) is 31.4 Å². The molecule has 0 amide bonds. The summed E-state index contributed by atoms with van der Waals surface area (Å²) in [5.74, 6) is 0. The summed E-state index contributed by atoms with van der Waals surface area (Å²) in [4.78, 5) is 4.48. The quantitative estimate of drug-likeness (QED) is 0.583. The number of aliphatic imine (C=N–C) groups is 1. The molecule has 0 rings (SSSR count). The predicted octanol–water partition coefficient (Wildman–Crippen LogP) is 2.92. The van der Waals surface area contributed by atoms with Crippen LogP contribution in [0.25, 0.3) is 0 Å². The molecule has 0 aromatic rings. The Morgan fingerprint density at radius 3 is 2.38 bits per heavy atom. The van der Waals surface area contributed by atoms with Crippen LogP contribution >= 0.6 is 0 Å². The summed E-state index contributed by atoms with van der Waals surface area (Å²) >= 11 is 0. The van der Waals surface area contributed by atoms with Gasteiger partial charge in [-0.05, 0) is 26.7 Å². The van der Waals surface area contributed by atoms with Gasteiger partial charge in [-0.15, -0.1) is 0 Å². The lowest BCUT2D eigenvalue weighted by atomic mass is 9.80. The van der Waals surface area contributed by atoms with Crippen LogP contribution in [0, 0.1) is 5.41 Å². The lowest BCUT2D eigenvalue weighted by Gasteiger charge is -2.28. The van der Waals surface area contributed by atoms with Crippen LogP contribution in [-0.2, 0) is 4.74 Å². The molecule has 13 heavy (non-hydrogen) atoms. The highest BCUT2D eigenvalue weighted by Crippen LogP contribution is 2.27. The van der Waals surface area contributed by atoms with Gasteiger partial charge in [-0.1, -0.05) is 13.8 Å². The first kappa shape index (κ1) is 12.6. The third-order valence-electron chi connectivity index (χ3n) is 2.91. The molecule has 0 aliphatic rings. The molecule has 0 aromatic heterocycles. The van der Waals surface area contributed by atoms with Crippen molar-refractivity contribution in [1.82, 2.24) is 0 Å². The van der Waals surface area contributed by atoms with E-state index < -0.39 is 0 Å². The molecule has 0 aliphatic heterocycles. The first-order chi connectivity index (χ1) is 6.10. The van der Waals surface area contributed by atoms with Crippen molar-refractivity contribution >= 4 is 5.71 Å². The van der Waals surface area contributed by atoms with Crippen molar-refractivity contribution in [2.45, 2.75) is 40.5 Å². The Morgan fingerprint density at radius 1 is 1.38 bits per heavy atom. The molecule has 0 radical (unpaired) electrons. The average Bonchev–Trinajstić information content (AvgIpc) is 2.14. The van der Waals surface area contributed by atoms with Crippen molar-refractivity contribution in [2.75, 3.05) is 20.3 Å². The monoisotopic (exact) mass is 185 g/mol. The Morgan fingerprint density at radius 2 is 2.00 bits per heavy atom. The van der Waals surface area contributed by atoms with E-state index in [1.807, 2.05) is 0 Å². The first-order valence-corrected chi connectivity index (χ1v) is 5.11. The molecule has 0 saturated heterocycles. The SMILES string of the molecule is CC/N=C(\C)C(C)(CC)CCOC. The molecule has 0 spiro atoms. The smallest absolute Gasteiger partial charge is 0.0471 e. The van der Waals surface area contributed by atoms with E-state index in [0.29, 0.717) is 0 Å². The van der Waals surface area contributed by atoms with Crippen LogP contribution in [0.2, 0.25) is 0 Å². The van der Waals surface area contributed by atoms with Gasteiger partial charge in [-0.25, -0.2) is 0 Å². The third kappa shape index (κ3) is 3.90. The molecule has 78 valence electrons. The van der Waals surface area contributed by atoms with E-state index in [9.17, 15) is 0 Å². The summed E-state index contributed by atoms with van der Waals surface area (Å²) in [6, 6.07) is 0. The topological polar surface area (TPSA) is 21.6 Å². The van der Waals surface area contributed by atoms with Gasteiger partial charge in [0.25, 0.3) is 0 Å². The maximum Gasteiger partial charge on any atom is 0.0471 e. The Hall–Kier alpha value is -0.370. The van der Waals surface area contributed by atoms with Crippen LogP contribution in [0.5, 0.6) is 0 Å². The van der Waals surface area contributed by atoms with E-state index in [2.05, 4.69) is 32.7 Å². The second-order valence-corrected chi connectivity index (χ2v) is 3.72. The molecule has 0 N–H and O–H groups in total. The van der Waals surface area contributed by atoms with Gasteiger partial charge in [0.1, 0.15) is 0 Å². The van der Waals surface area contributed by atoms with E-state index >= 15 is 0 Å². The van der Waals surface area contributed by atoms with Gasteiger partial charge in [-0.3, -0.25) is 4.99 Å². The van der Waals surface area contributed by atoms with Crippen LogP contribution < -0.4 is 0 Å². The minimum absolute atomic E-state index is 0.228.